The fraction of sp³-hybridized carbons (Fsp3) is 0.353. The first kappa shape index (κ1) is 17.3. The SMILES string of the molecule is OC[C@H]1OC(n2cnc3c(NCc4ccc(Br)cc4)ncnc32)C[C@@H]1O. The fourth-order valence-electron chi connectivity index (χ4n) is 3.03. The normalized spacial score (nSPS) is 22.8. The minimum absolute atomic E-state index is 0.223. The summed E-state index contributed by atoms with van der Waals surface area (Å²) >= 11 is 3.42. The van der Waals surface area contributed by atoms with Crippen molar-refractivity contribution in [2.75, 3.05) is 11.9 Å². The van der Waals surface area contributed by atoms with Crippen LogP contribution in [-0.4, -0.2) is 48.5 Å². The van der Waals surface area contributed by atoms with Gasteiger partial charge < -0.3 is 20.3 Å². The first-order chi connectivity index (χ1) is 12.7. The lowest BCUT2D eigenvalue weighted by molar-refractivity contribution is -0.0432. The maximum Gasteiger partial charge on any atom is 0.167 e. The van der Waals surface area contributed by atoms with Crippen LogP contribution < -0.4 is 5.32 Å². The zero-order chi connectivity index (χ0) is 18.1. The fourth-order valence-corrected chi connectivity index (χ4v) is 3.29. The van der Waals surface area contributed by atoms with Crippen LogP contribution in [-0.2, 0) is 11.3 Å². The van der Waals surface area contributed by atoms with Gasteiger partial charge in [0.15, 0.2) is 17.0 Å². The molecule has 1 aromatic carbocycles. The van der Waals surface area contributed by atoms with E-state index >= 15 is 0 Å². The van der Waals surface area contributed by atoms with Crippen LogP contribution in [0.3, 0.4) is 0 Å². The molecule has 3 atom stereocenters. The number of benzene rings is 1. The zero-order valence-corrected chi connectivity index (χ0v) is 15.4. The number of aromatic nitrogens is 4. The Morgan fingerprint density at radius 2 is 2.04 bits per heavy atom. The average Bonchev–Trinajstić information content (AvgIpc) is 3.24. The third-order valence-electron chi connectivity index (χ3n) is 4.43. The van der Waals surface area contributed by atoms with Crippen LogP contribution in [0.15, 0.2) is 41.4 Å². The first-order valence-electron chi connectivity index (χ1n) is 8.26. The molecule has 1 unspecified atom stereocenters. The molecule has 26 heavy (non-hydrogen) atoms. The van der Waals surface area contributed by atoms with E-state index in [-0.39, 0.29) is 6.61 Å². The van der Waals surface area contributed by atoms with Gasteiger partial charge in [-0.3, -0.25) is 4.57 Å². The summed E-state index contributed by atoms with van der Waals surface area (Å²) in [6.45, 7) is 0.386. The van der Waals surface area contributed by atoms with Crippen molar-refractivity contribution in [2.45, 2.75) is 31.4 Å². The quantitative estimate of drug-likeness (QED) is 0.579. The van der Waals surface area contributed by atoms with Crippen LogP contribution in [0, 0.1) is 0 Å². The smallest absolute Gasteiger partial charge is 0.167 e. The highest BCUT2D eigenvalue weighted by Crippen LogP contribution is 2.31. The van der Waals surface area contributed by atoms with Gasteiger partial charge in [-0.25, -0.2) is 15.0 Å². The maximum absolute atomic E-state index is 9.95. The van der Waals surface area contributed by atoms with Gasteiger partial charge in [0, 0.05) is 17.4 Å². The number of rotatable bonds is 5. The van der Waals surface area contributed by atoms with Gasteiger partial charge in [-0.1, -0.05) is 28.1 Å². The monoisotopic (exact) mass is 419 g/mol. The van der Waals surface area contributed by atoms with Gasteiger partial charge in [0.05, 0.1) is 19.0 Å². The Kier molecular flexibility index (Phi) is 4.86. The molecule has 3 aromatic rings. The van der Waals surface area contributed by atoms with Crippen molar-refractivity contribution in [1.82, 2.24) is 19.5 Å². The van der Waals surface area contributed by atoms with Crippen LogP contribution in [0.1, 0.15) is 18.2 Å². The third-order valence-corrected chi connectivity index (χ3v) is 4.96. The lowest BCUT2D eigenvalue weighted by Crippen LogP contribution is -2.24. The highest BCUT2D eigenvalue weighted by atomic mass is 79.9. The molecular weight excluding hydrogens is 402 g/mol. The predicted molar refractivity (Wildman–Crippen MR) is 98.4 cm³/mol. The van der Waals surface area contributed by atoms with E-state index < -0.39 is 18.4 Å². The molecule has 0 saturated carbocycles. The number of nitrogens with zero attached hydrogens (tertiary/aromatic N) is 4. The van der Waals surface area contributed by atoms with Gasteiger partial charge in [0.25, 0.3) is 0 Å². The van der Waals surface area contributed by atoms with E-state index in [2.05, 4.69) is 36.2 Å². The van der Waals surface area contributed by atoms with Crippen molar-refractivity contribution in [3.05, 3.63) is 47.0 Å². The van der Waals surface area contributed by atoms with Crippen molar-refractivity contribution < 1.29 is 14.9 Å². The number of anilines is 1. The van der Waals surface area contributed by atoms with Crippen molar-refractivity contribution in [2.24, 2.45) is 0 Å². The second-order valence-corrected chi connectivity index (χ2v) is 7.06. The summed E-state index contributed by atoms with van der Waals surface area (Å²) < 4.78 is 8.49. The Labute approximate surface area is 158 Å². The number of halogens is 1. The molecule has 0 aliphatic carbocycles. The van der Waals surface area contributed by atoms with E-state index in [4.69, 9.17) is 4.74 Å². The van der Waals surface area contributed by atoms with E-state index in [0.29, 0.717) is 29.9 Å². The molecule has 4 rings (SSSR count). The molecular formula is C17H18BrN5O3. The molecule has 2 aromatic heterocycles. The minimum Gasteiger partial charge on any atom is -0.394 e. The minimum atomic E-state index is -0.709. The molecule has 0 amide bonds. The average molecular weight is 420 g/mol. The van der Waals surface area contributed by atoms with Gasteiger partial charge in [0.2, 0.25) is 0 Å². The summed E-state index contributed by atoms with van der Waals surface area (Å²) in [5.41, 5.74) is 2.37. The molecule has 1 fully saturated rings. The molecule has 0 bridgehead atoms. The Morgan fingerprint density at radius 3 is 2.77 bits per heavy atom. The van der Waals surface area contributed by atoms with E-state index in [1.54, 1.807) is 10.9 Å². The second kappa shape index (κ2) is 7.28. The van der Waals surface area contributed by atoms with Crippen molar-refractivity contribution in [3.8, 4) is 0 Å². The topological polar surface area (TPSA) is 105 Å². The Hall–Kier alpha value is -2.07. The van der Waals surface area contributed by atoms with Gasteiger partial charge >= 0.3 is 0 Å². The number of aliphatic hydroxyl groups excluding tert-OH is 2. The third kappa shape index (κ3) is 3.30. The van der Waals surface area contributed by atoms with Gasteiger partial charge in [-0.05, 0) is 17.7 Å². The molecule has 8 nitrogen and oxygen atoms in total. The summed E-state index contributed by atoms with van der Waals surface area (Å²) in [7, 11) is 0. The lowest BCUT2D eigenvalue weighted by atomic mass is 10.2. The van der Waals surface area contributed by atoms with E-state index in [9.17, 15) is 10.2 Å². The Morgan fingerprint density at radius 1 is 1.23 bits per heavy atom. The zero-order valence-electron chi connectivity index (χ0n) is 13.8. The standard InChI is InChI=1S/C17H18BrN5O3/c18-11-3-1-10(2-4-11)6-19-16-15-17(21-8-20-16)23(9-22-15)14-5-12(25)13(7-24)26-14/h1-4,8-9,12-14,24-25H,5-7H2,(H,19,20,21)/t12-,13+,14?/m0/s1. The van der Waals surface area contributed by atoms with Crippen molar-refractivity contribution in [1.29, 1.82) is 0 Å². The maximum atomic E-state index is 9.95. The molecule has 1 aliphatic heterocycles. The molecule has 3 N–H and O–H groups in total. The van der Waals surface area contributed by atoms with Gasteiger partial charge in [-0.15, -0.1) is 0 Å². The van der Waals surface area contributed by atoms with E-state index in [0.717, 1.165) is 10.0 Å². The summed E-state index contributed by atoms with van der Waals surface area (Å²) in [5.74, 6) is 0.633. The summed E-state index contributed by atoms with van der Waals surface area (Å²) in [6, 6.07) is 8.02. The largest absolute Gasteiger partial charge is 0.394 e. The summed E-state index contributed by atoms with van der Waals surface area (Å²) in [6.07, 6.45) is 1.76. The van der Waals surface area contributed by atoms with Crippen LogP contribution >= 0.6 is 15.9 Å². The molecule has 3 heterocycles. The highest BCUT2D eigenvalue weighted by molar-refractivity contribution is 9.10. The number of ether oxygens (including phenoxy) is 1. The van der Waals surface area contributed by atoms with E-state index in [1.165, 1.54) is 6.33 Å². The van der Waals surface area contributed by atoms with Crippen molar-refractivity contribution >= 4 is 32.9 Å². The summed E-state index contributed by atoms with van der Waals surface area (Å²) in [4.78, 5) is 13.0. The molecule has 136 valence electrons. The highest BCUT2D eigenvalue weighted by Gasteiger charge is 2.35. The first-order valence-corrected chi connectivity index (χ1v) is 9.05. The molecule has 1 aliphatic rings. The molecule has 9 heteroatoms. The van der Waals surface area contributed by atoms with Gasteiger partial charge in [-0.2, -0.15) is 0 Å². The number of fused-ring (bicyclic) bond motifs is 1. The van der Waals surface area contributed by atoms with E-state index in [1.807, 2.05) is 24.3 Å². The predicted octanol–water partition coefficient (Wildman–Crippen LogP) is 1.84. The molecule has 1 saturated heterocycles. The number of hydrogen-bond acceptors (Lipinski definition) is 7. The summed E-state index contributed by atoms with van der Waals surface area (Å²) in [5, 5.41) is 22.5. The lowest BCUT2D eigenvalue weighted by Gasteiger charge is -2.13. The number of aliphatic hydroxyl groups is 2. The van der Waals surface area contributed by atoms with Crippen LogP contribution in [0.5, 0.6) is 0 Å². The Bertz CT molecular complexity index is 901. The van der Waals surface area contributed by atoms with Crippen LogP contribution in [0.2, 0.25) is 0 Å². The number of hydrogen-bond donors (Lipinski definition) is 3. The van der Waals surface area contributed by atoms with Gasteiger partial charge in [0.1, 0.15) is 18.7 Å². The van der Waals surface area contributed by atoms with Crippen LogP contribution in [0.25, 0.3) is 11.2 Å². The second-order valence-electron chi connectivity index (χ2n) is 6.14. The molecule has 0 radical (unpaired) electrons. The Balaban J connectivity index is 1.56. The van der Waals surface area contributed by atoms with Crippen LogP contribution in [0.4, 0.5) is 5.82 Å². The van der Waals surface area contributed by atoms with Crippen molar-refractivity contribution in [3.63, 3.8) is 0 Å². The number of nitrogens with one attached hydrogen (secondary N) is 1. The number of imidazole rings is 1. The molecule has 0 spiro atoms.